The topological polar surface area (TPSA) is 64.1 Å². The summed E-state index contributed by atoms with van der Waals surface area (Å²) in [6.45, 7) is 5.06. The van der Waals surface area contributed by atoms with Gasteiger partial charge in [-0.1, -0.05) is 12.8 Å². The van der Waals surface area contributed by atoms with E-state index in [1.165, 1.54) is 25.7 Å². The number of aliphatic imine (C=N–C) groups is 1. The predicted octanol–water partition coefficient (Wildman–Crippen LogP) is 2.56. The van der Waals surface area contributed by atoms with Crippen molar-refractivity contribution in [3.63, 3.8) is 0 Å². The van der Waals surface area contributed by atoms with Gasteiger partial charge in [0.25, 0.3) is 0 Å². The van der Waals surface area contributed by atoms with Crippen molar-refractivity contribution in [2.75, 3.05) is 53.7 Å². The van der Waals surface area contributed by atoms with E-state index in [9.17, 15) is 0 Å². The highest BCUT2D eigenvalue weighted by Gasteiger charge is 2.33. The van der Waals surface area contributed by atoms with Crippen molar-refractivity contribution < 1.29 is 14.2 Å². The molecule has 148 valence electrons. The van der Waals surface area contributed by atoms with E-state index >= 15 is 0 Å². The van der Waals surface area contributed by atoms with E-state index in [-0.39, 0.29) is 24.0 Å². The van der Waals surface area contributed by atoms with Crippen molar-refractivity contribution in [3.05, 3.63) is 0 Å². The van der Waals surface area contributed by atoms with Crippen LogP contribution in [0.2, 0.25) is 0 Å². The number of guanidine groups is 1. The highest BCUT2D eigenvalue weighted by molar-refractivity contribution is 14.0. The fraction of sp³-hybridized carbons (Fsp3) is 0.944. The molecule has 7 heteroatoms. The number of nitrogens with one attached hydrogen (secondary N) is 2. The van der Waals surface area contributed by atoms with Crippen LogP contribution in [0.4, 0.5) is 0 Å². The molecule has 6 nitrogen and oxygen atoms in total. The summed E-state index contributed by atoms with van der Waals surface area (Å²) in [5, 5.41) is 6.90. The maximum Gasteiger partial charge on any atom is 0.190 e. The number of halogens is 1. The average Bonchev–Trinajstić information content (AvgIpc) is 3.28. The molecule has 1 heterocycles. The number of nitrogens with zero attached hydrogens (tertiary/aromatic N) is 1. The van der Waals surface area contributed by atoms with Gasteiger partial charge in [-0.3, -0.25) is 4.99 Å². The molecule has 1 unspecified atom stereocenters. The van der Waals surface area contributed by atoms with Crippen molar-refractivity contribution in [3.8, 4) is 0 Å². The zero-order valence-electron chi connectivity index (χ0n) is 15.8. The number of hydrogen-bond acceptors (Lipinski definition) is 4. The van der Waals surface area contributed by atoms with Crippen LogP contribution in [0.15, 0.2) is 4.99 Å². The normalized spacial score (nSPS) is 22.6. The Labute approximate surface area is 169 Å². The Morgan fingerprint density at radius 2 is 2.04 bits per heavy atom. The zero-order chi connectivity index (χ0) is 17.1. The van der Waals surface area contributed by atoms with Gasteiger partial charge in [0.05, 0.1) is 12.7 Å². The third kappa shape index (κ3) is 8.41. The Kier molecular flexibility index (Phi) is 12.0. The molecule has 0 radical (unpaired) electrons. The van der Waals surface area contributed by atoms with Gasteiger partial charge >= 0.3 is 0 Å². The monoisotopic (exact) mass is 469 g/mol. The third-order valence-corrected chi connectivity index (χ3v) is 5.21. The molecule has 0 aromatic rings. The fourth-order valence-corrected chi connectivity index (χ4v) is 3.62. The minimum absolute atomic E-state index is 0. The predicted molar refractivity (Wildman–Crippen MR) is 112 cm³/mol. The maximum atomic E-state index is 5.78. The Hall–Kier alpha value is -0.120. The summed E-state index contributed by atoms with van der Waals surface area (Å²) in [5.41, 5.74) is 0.374. The van der Waals surface area contributed by atoms with E-state index in [0.717, 1.165) is 64.7 Å². The summed E-state index contributed by atoms with van der Waals surface area (Å²) in [5.74, 6) is 0.892. The summed E-state index contributed by atoms with van der Waals surface area (Å²) in [4.78, 5) is 4.34. The first kappa shape index (κ1) is 22.9. The summed E-state index contributed by atoms with van der Waals surface area (Å²) < 4.78 is 16.4. The molecule has 0 aromatic carbocycles. The fourth-order valence-electron chi connectivity index (χ4n) is 3.62. The Bertz CT molecular complexity index is 371. The van der Waals surface area contributed by atoms with Crippen LogP contribution >= 0.6 is 24.0 Å². The van der Waals surface area contributed by atoms with E-state index in [1.807, 2.05) is 7.05 Å². The Balaban J connectivity index is 0.00000312. The van der Waals surface area contributed by atoms with Crippen molar-refractivity contribution in [2.24, 2.45) is 10.4 Å². The van der Waals surface area contributed by atoms with E-state index in [0.29, 0.717) is 11.5 Å². The van der Waals surface area contributed by atoms with Crippen LogP contribution in [0.5, 0.6) is 0 Å². The van der Waals surface area contributed by atoms with Crippen molar-refractivity contribution in [1.29, 1.82) is 0 Å². The molecule has 0 amide bonds. The van der Waals surface area contributed by atoms with E-state index in [4.69, 9.17) is 14.2 Å². The molecule has 2 N–H and O–H groups in total. The second kappa shape index (κ2) is 13.1. The molecule has 0 spiro atoms. The van der Waals surface area contributed by atoms with Gasteiger partial charge in [-0.05, 0) is 37.5 Å². The lowest BCUT2D eigenvalue weighted by molar-refractivity contribution is 0.0420. The highest BCUT2D eigenvalue weighted by Crippen LogP contribution is 2.40. The van der Waals surface area contributed by atoms with Crippen LogP contribution in [0.1, 0.15) is 44.9 Å². The second-order valence-corrected chi connectivity index (χ2v) is 7.01. The summed E-state index contributed by atoms with van der Waals surface area (Å²) in [6, 6.07) is 0. The minimum Gasteiger partial charge on any atom is -0.385 e. The summed E-state index contributed by atoms with van der Waals surface area (Å²) >= 11 is 0. The molecule has 2 rings (SSSR count). The molecule has 1 aliphatic carbocycles. The maximum absolute atomic E-state index is 5.78. The van der Waals surface area contributed by atoms with Crippen molar-refractivity contribution in [2.45, 2.75) is 51.0 Å². The first-order valence-electron chi connectivity index (χ1n) is 9.41. The van der Waals surface area contributed by atoms with Gasteiger partial charge in [-0.25, -0.2) is 0 Å². The van der Waals surface area contributed by atoms with Crippen LogP contribution in [-0.4, -0.2) is 65.7 Å². The van der Waals surface area contributed by atoms with E-state index < -0.39 is 0 Å². The first-order chi connectivity index (χ1) is 11.8. The quantitative estimate of drug-likeness (QED) is 0.223. The molecular weight excluding hydrogens is 433 g/mol. The summed E-state index contributed by atoms with van der Waals surface area (Å²) in [7, 11) is 3.62. The number of methoxy groups -OCH3 is 1. The average molecular weight is 469 g/mol. The number of ether oxygens (including phenoxy) is 3. The molecule has 2 aliphatic rings. The van der Waals surface area contributed by atoms with Crippen molar-refractivity contribution >= 4 is 29.9 Å². The Morgan fingerprint density at radius 3 is 2.68 bits per heavy atom. The molecule has 1 saturated carbocycles. The lowest BCUT2D eigenvalue weighted by Gasteiger charge is -2.30. The molecular formula is C18H36IN3O3. The zero-order valence-corrected chi connectivity index (χ0v) is 18.2. The lowest BCUT2D eigenvalue weighted by atomic mass is 9.83. The van der Waals surface area contributed by atoms with Gasteiger partial charge < -0.3 is 24.8 Å². The smallest absolute Gasteiger partial charge is 0.190 e. The van der Waals surface area contributed by atoms with Crippen molar-refractivity contribution in [1.82, 2.24) is 10.6 Å². The second-order valence-electron chi connectivity index (χ2n) is 7.01. The van der Waals surface area contributed by atoms with E-state index in [1.54, 1.807) is 7.11 Å². The van der Waals surface area contributed by atoms with Crippen LogP contribution in [0.3, 0.4) is 0 Å². The van der Waals surface area contributed by atoms with Gasteiger partial charge in [0.1, 0.15) is 0 Å². The SMILES string of the molecule is CN=C(NCCCOC1CCOC1)NCC1(CCOC)CCCC1.I. The summed E-state index contributed by atoms with van der Waals surface area (Å²) in [6.07, 6.45) is 8.68. The molecule has 0 bridgehead atoms. The molecule has 0 aromatic heterocycles. The standard InChI is InChI=1S/C18H35N3O3.HI/c1-19-17(20-10-5-11-24-16-6-12-23-14-16)21-15-18(9-13-22-2)7-3-4-8-18;/h16H,3-15H2,1-2H3,(H2,19,20,21);1H. The molecule has 2 fully saturated rings. The van der Waals surface area contributed by atoms with Crippen LogP contribution in [0, 0.1) is 5.41 Å². The number of rotatable bonds is 10. The first-order valence-corrected chi connectivity index (χ1v) is 9.41. The lowest BCUT2D eigenvalue weighted by Crippen LogP contribution is -2.43. The van der Waals surface area contributed by atoms with Crippen LogP contribution in [-0.2, 0) is 14.2 Å². The van der Waals surface area contributed by atoms with Gasteiger partial charge in [-0.15, -0.1) is 24.0 Å². The van der Waals surface area contributed by atoms with Gasteiger partial charge in [-0.2, -0.15) is 0 Å². The van der Waals surface area contributed by atoms with E-state index in [2.05, 4.69) is 15.6 Å². The molecule has 25 heavy (non-hydrogen) atoms. The molecule has 1 aliphatic heterocycles. The highest BCUT2D eigenvalue weighted by atomic mass is 127. The molecule has 1 saturated heterocycles. The van der Waals surface area contributed by atoms with Crippen LogP contribution < -0.4 is 10.6 Å². The number of hydrogen-bond donors (Lipinski definition) is 2. The molecule has 1 atom stereocenters. The third-order valence-electron chi connectivity index (χ3n) is 5.21. The van der Waals surface area contributed by atoms with Gasteiger partial charge in [0, 0.05) is 47.1 Å². The minimum atomic E-state index is 0. The largest absolute Gasteiger partial charge is 0.385 e. The van der Waals surface area contributed by atoms with Gasteiger partial charge in [0.15, 0.2) is 5.96 Å². The van der Waals surface area contributed by atoms with Gasteiger partial charge in [0.2, 0.25) is 0 Å². The Morgan fingerprint density at radius 1 is 1.24 bits per heavy atom. The van der Waals surface area contributed by atoms with Crippen LogP contribution in [0.25, 0.3) is 0 Å².